The zero-order valence-electron chi connectivity index (χ0n) is 19.8. The molecule has 2 aromatic carbocycles. The molecule has 0 unspecified atom stereocenters. The van der Waals surface area contributed by atoms with E-state index in [1.54, 1.807) is 6.07 Å². The molecule has 174 valence electrons. The van der Waals surface area contributed by atoms with E-state index in [9.17, 15) is 4.39 Å². The highest BCUT2D eigenvalue weighted by atomic mass is 35.5. The summed E-state index contributed by atoms with van der Waals surface area (Å²) in [6.07, 6.45) is 18.1. The highest BCUT2D eigenvalue weighted by molar-refractivity contribution is 6.30. The van der Waals surface area contributed by atoms with Crippen molar-refractivity contribution < 1.29 is 4.39 Å². The lowest BCUT2D eigenvalue weighted by Crippen LogP contribution is -2.18. The summed E-state index contributed by atoms with van der Waals surface area (Å²) in [4.78, 5) is 0. The molecule has 0 atom stereocenters. The first-order chi connectivity index (χ1) is 15.6. The van der Waals surface area contributed by atoms with Crippen LogP contribution < -0.4 is 0 Å². The van der Waals surface area contributed by atoms with Gasteiger partial charge in [0.1, 0.15) is 5.82 Å². The van der Waals surface area contributed by atoms with Gasteiger partial charge in [0.15, 0.2) is 0 Å². The summed E-state index contributed by atoms with van der Waals surface area (Å²) in [5, 5.41) is 0.683. The van der Waals surface area contributed by atoms with Gasteiger partial charge in [0.2, 0.25) is 0 Å². The van der Waals surface area contributed by atoms with Gasteiger partial charge >= 0.3 is 0 Å². The molecule has 0 nitrogen and oxygen atoms in total. The maximum Gasteiger partial charge on any atom is 0.131 e. The molecule has 0 aromatic heterocycles. The van der Waals surface area contributed by atoms with Crippen molar-refractivity contribution >= 4 is 11.6 Å². The van der Waals surface area contributed by atoms with Crippen LogP contribution in [0, 0.1) is 23.6 Å². The molecule has 0 aliphatic heterocycles. The second-order valence-electron chi connectivity index (χ2n) is 10.6. The van der Waals surface area contributed by atoms with Crippen molar-refractivity contribution in [2.45, 2.75) is 96.3 Å². The van der Waals surface area contributed by atoms with Gasteiger partial charge in [0.05, 0.1) is 0 Å². The molecular formula is C30H40ClF. The Balaban J connectivity index is 1.22. The highest BCUT2D eigenvalue weighted by Crippen LogP contribution is 2.41. The van der Waals surface area contributed by atoms with Gasteiger partial charge in [-0.15, -0.1) is 0 Å². The SMILES string of the molecule is CCCC[C@H]1CC[C@H](CCC2CCC(c3ccc(-c4ccc(Cl)cc4)c(F)c3)CC2)CC1. The summed E-state index contributed by atoms with van der Waals surface area (Å²) in [5.74, 6) is 3.31. The maximum atomic E-state index is 14.9. The van der Waals surface area contributed by atoms with Gasteiger partial charge in [-0.2, -0.15) is 0 Å². The van der Waals surface area contributed by atoms with E-state index in [0.29, 0.717) is 16.5 Å². The fraction of sp³-hybridized carbons (Fsp3) is 0.600. The number of halogens is 2. The summed E-state index contributed by atoms with van der Waals surface area (Å²) in [6, 6.07) is 13.3. The monoisotopic (exact) mass is 454 g/mol. The average molecular weight is 455 g/mol. The summed E-state index contributed by atoms with van der Waals surface area (Å²) in [5.41, 5.74) is 2.74. The minimum atomic E-state index is -0.110. The van der Waals surface area contributed by atoms with E-state index in [2.05, 4.69) is 13.0 Å². The molecule has 2 aromatic rings. The molecule has 0 spiro atoms. The van der Waals surface area contributed by atoms with Crippen LogP contribution in [-0.4, -0.2) is 0 Å². The van der Waals surface area contributed by atoms with Crippen molar-refractivity contribution in [3.05, 3.63) is 58.9 Å². The van der Waals surface area contributed by atoms with Gasteiger partial charge < -0.3 is 0 Å². The number of unbranched alkanes of at least 4 members (excludes halogenated alkanes) is 1. The Morgan fingerprint density at radius 1 is 0.750 bits per heavy atom. The van der Waals surface area contributed by atoms with Crippen LogP contribution in [0.15, 0.2) is 42.5 Å². The van der Waals surface area contributed by atoms with E-state index in [1.807, 2.05) is 30.3 Å². The van der Waals surface area contributed by atoms with Gasteiger partial charge in [-0.3, -0.25) is 0 Å². The Hall–Kier alpha value is -1.34. The maximum absolute atomic E-state index is 14.9. The third-order valence-corrected chi connectivity index (χ3v) is 8.63. The second-order valence-corrected chi connectivity index (χ2v) is 11.0. The molecule has 2 fully saturated rings. The predicted octanol–water partition coefficient (Wildman–Crippen LogP) is 10.2. The lowest BCUT2D eigenvalue weighted by Gasteiger charge is -2.32. The van der Waals surface area contributed by atoms with Gasteiger partial charge in [-0.1, -0.05) is 101 Å². The van der Waals surface area contributed by atoms with Crippen LogP contribution in [0.25, 0.3) is 11.1 Å². The number of benzene rings is 2. The molecule has 32 heavy (non-hydrogen) atoms. The third kappa shape index (κ3) is 6.37. The van der Waals surface area contributed by atoms with E-state index in [-0.39, 0.29) is 5.82 Å². The van der Waals surface area contributed by atoms with Crippen LogP contribution in [-0.2, 0) is 0 Å². The molecule has 0 amide bonds. The molecule has 4 rings (SSSR count). The Bertz CT molecular complexity index is 826. The Labute approximate surface area is 200 Å². The molecular weight excluding hydrogens is 415 g/mol. The molecule has 0 heterocycles. The fourth-order valence-electron chi connectivity index (χ4n) is 6.21. The minimum Gasteiger partial charge on any atom is -0.206 e. The average Bonchev–Trinajstić information content (AvgIpc) is 2.83. The van der Waals surface area contributed by atoms with Crippen molar-refractivity contribution in [2.24, 2.45) is 17.8 Å². The smallest absolute Gasteiger partial charge is 0.131 e. The van der Waals surface area contributed by atoms with Crippen LogP contribution in [0.5, 0.6) is 0 Å². The first-order valence-corrected chi connectivity index (χ1v) is 13.6. The van der Waals surface area contributed by atoms with Crippen molar-refractivity contribution in [2.75, 3.05) is 0 Å². The van der Waals surface area contributed by atoms with Gasteiger partial charge in [-0.05, 0) is 78.7 Å². The lowest BCUT2D eigenvalue weighted by molar-refractivity contribution is 0.222. The summed E-state index contributed by atoms with van der Waals surface area (Å²) in [6.45, 7) is 2.31. The molecule has 2 saturated carbocycles. The largest absolute Gasteiger partial charge is 0.206 e. The Kier molecular flexibility index (Phi) is 8.69. The van der Waals surface area contributed by atoms with Crippen molar-refractivity contribution in [1.29, 1.82) is 0 Å². The Morgan fingerprint density at radius 2 is 1.31 bits per heavy atom. The minimum absolute atomic E-state index is 0.110. The van der Waals surface area contributed by atoms with Crippen LogP contribution in [0.2, 0.25) is 5.02 Å². The number of hydrogen-bond acceptors (Lipinski definition) is 0. The molecule has 0 N–H and O–H groups in total. The quantitative estimate of drug-likeness (QED) is 0.372. The van der Waals surface area contributed by atoms with Gasteiger partial charge in [0, 0.05) is 10.6 Å². The number of rotatable bonds is 8. The van der Waals surface area contributed by atoms with E-state index >= 15 is 0 Å². The summed E-state index contributed by atoms with van der Waals surface area (Å²) < 4.78 is 14.9. The van der Waals surface area contributed by atoms with Crippen LogP contribution in [0.3, 0.4) is 0 Å². The van der Waals surface area contributed by atoms with Crippen molar-refractivity contribution in [1.82, 2.24) is 0 Å². The topological polar surface area (TPSA) is 0 Å². The van der Waals surface area contributed by atoms with Crippen molar-refractivity contribution in [3.63, 3.8) is 0 Å². The van der Waals surface area contributed by atoms with Crippen LogP contribution >= 0.6 is 11.6 Å². The van der Waals surface area contributed by atoms with E-state index in [1.165, 1.54) is 89.0 Å². The molecule has 0 radical (unpaired) electrons. The first-order valence-electron chi connectivity index (χ1n) is 13.2. The molecule has 0 bridgehead atoms. The molecule has 2 heteroatoms. The normalized spacial score (nSPS) is 26.2. The summed E-state index contributed by atoms with van der Waals surface area (Å²) >= 11 is 5.97. The Morgan fingerprint density at radius 3 is 1.88 bits per heavy atom. The highest BCUT2D eigenvalue weighted by Gasteiger charge is 2.25. The zero-order valence-corrected chi connectivity index (χ0v) is 20.6. The number of hydrogen-bond donors (Lipinski definition) is 0. The van der Waals surface area contributed by atoms with Crippen LogP contribution in [0.1, 0.15) is 102 Å². The van der Waals surface area contributed by atoms with E-state index < -0.39 is 0 Å². The van der Waals surface area contributed by atoms with E-state index in [4.69, 9.17) is 11.6 Å². The fourth-order valence-corrected chi connectivity index (χ4v) is 6.33. The van der Waals surface area contributed by atoms with Crippen LogP contribution in [0.4, 0.5) is 4.39 Å². The predicted molar refractivity (Wildman–Crippen MR) is 136 cm³/mol. The lowest BCUT2D eigenvalue weighted by atomic mass is 9.74. The van der Waals surface area contributed by atoms with E-state index in [0.717, 1.165) is 23.3 Å². The zero-order chi connectivity index (χ0) is 22.3. The van der Waals surface area contributed by atoms with Gasteiger partial charge in [-0.25, -0.2) is 4.39 Å². The van der Waals surface area contributed by atoms with Gasteiger partial charge in [0.25, 0.3) is 0 Å². The summed E-state index contributed by atoms with van der Waals surface area (Å²) in [7, 11) is 0. The second kappa shape index (κ2) is 11.7. The molecule has 2 aliphatic rings. The first kappa shape index (κ1) is 23.8. The molecule has 2 aliphatic carbocycles. The third-order valence-electron chi connectivity index (χ3n) is 8.38. The standard InChI is InChI=1S/C30H40ClF/c1-2-3-4-22-5-7-23(8-6-22)9-10-24-11-13-25(14-12-24)27-17-20-29(30(32)21-27)26-15-18-28(31)19-16-26/h15-25H,2-14H2,1H3/t22-,23-,24?,25?. The van der Waals surface area contributed by atoms with Crippen molar-refractivity contribution in [3.8, 4) is 11.1 Å². The molecule has 0 saturated heterocycles.